The molecule has 186 valence electrons. The van der Waals surface area contributed by atoms with Crippen LogP contribution < -0.4 is 10.6 Å². The molecular formula is C22H40N2O8. The Morgan fingerprint density at radius 3 is 1.69 bits per heavy atom. The molecule has 10 heteroatoms. The number of hydrogen-bond donors (Lipinski definition) is 6. The zero-order valence-corrected chi connectivity index (χ0v) is 19.9. The maximum absolute atomic E-state index is 12.3. The number of aliphatic carboxylic acids is 4. The second kappa shape index (κ2) is 12.7. The molecule has 10 nitrogen and oxygen atoms in total. The lowest BCUT2D eigenvalue weighted by Gasteiger charge is -2.45. The first-order valence-electron chi connectivity index (χ1n) is 11.3. The van der Waals surface area contributed by atoms with Gasteiger partial charge >= 0.3 is 23.9 Å². The van der Waals surface area contributed by atoms with Crippen LogP contribution in [0.4, 0.5) is 0 Å². The van der Waals surface area contributed by atoms with Gasteiger partial charge in [0.15, 0.2) is 0 Å². The average molecular weight is 461 g/mol. The van der Waals surface area contributed by atoms with E-state index in [0.29, 0.717) is 19.4 Å². The van der Waals surface area contributed by atoms with Gasteiger partial charge in [0.2, 0.25) is 0 Å². The quantitative estimate of drug-likeness (QED) is 0.167. The van der Waals surface area contributed by atoms with E-state index in [0.717, 1.165) is 0 Å². The van der Waals surface area contributed by atoms with Gasteiger partial charge in [-0.2, -0.15) is 0 Å². The Kier molecular flexibility index (Phi) is 11.9. The fourth-order valence-electron chi connectivity index (χ4n) is 4.50. The lowest BCUT2D eigenvalue weighted by molar-refractivity contribution is -0.169. The molecule has 0 saturated heterocycles. The van der Waals surface area contributed by atoms with Crippen LogP contribution in [-0.2, 0) is 19.2 Å². The Bertz CT molecular complexity index is 664. The lowest BCUT2D eigenvalue weighted by atomic mass is 9.64. The predicted octanol–water partition coefficient (Wildman–Crippen LogP) is 2.41. The molecule has 32 heavy (non-hydrogen) atoms. The van der Waals surface area contributed by atoms with Crippen molar-refractivity contribution in [1.82, 2.24) is 10.6 Å². The van der Waals surface area contributed by atoms with Gasteiger partial charge in [-0.15, -0.1) is 0 Å². The molecule has 0 rings (SSSR count). The molecule has 3 unspecified atom stereocenters. The molecule has 0 aromatic rings. The predicted molar refractivity (Wildman–Crippen MR) is 119 cm³/mol. The van der Waals surface area contributed by atoms with Crippen molar-refractivity contribution in [1.29, 1.82) is 0 Å². The molecular weight excluding hydrogens is 420 g/mol. The SMILES string of the molecule is CCC(CC(=O)O)(NCCCC(C)CNC(CC)(C(=O)O)C(CC)(CC)C(=O)O)C(=O)O. The third-order valence-corrected chi connectivity index (χ3v) is 6.88. The molecule has 0 fully saturated rings. The molecule has 0 aliphatic carbocycles. The van der Waals surface area contributed by atoms with Gasteiger partial charge < -0.3 is 31.1 Å². The topological polar surface area (TPSA) is 173 Å². The van der Waals surface area contributed by atoms with Crippen molar-refractivity contribution in [3.8, 4) is 0 Å². The van der Waals surface area contributed by atoms with Crippen molar-refractivity contribution in [2.45, 2.75) is 90.6 Å². The molecule has 0 aromatic carbocycles. The summed E-state index contributed by atoms with van der Waals surface area (Å²) in [6, 6.07) is 0. The van der Waals surface area contributed by atoms with E-state index in [1.54, 1.807) is 27.7 Å². The van der Waals surface area contributed by atoms with Crippen LogP contribution >= 0.6 is 0 Å². The molecule has 0 amide bonds. The first-order valence-corrected chi connectivity index (χ1v) is 11.3. The van der Waals surface area contributed by atoms with Crippen molar-refractivity contribution in [2.75, 3.05) is 13.1 Å². The first kappa shape index (κ1) is 29.8. The Morgan fingerprint density at radius 2 is 1.34 bits per heavy atom. The molecule has 0 aromatic heterocycles. The number of nitrogens with one attached hydrogen (secondary N) is 2. The van der Waals surface area contributed by atoms with Crippen LogP contribution in [0.15, 0.2) is 0 Å². The number of hydrogen-bond acceptors (Lipinski definition) is 6. The fourth-order valence-corrected chi connectivity index (χ4v) is 4.50. The van der Waals surface area contributed by atoms with Gasteiger partial charge in [-0.05, 0) is 57.5 Å². The minimum Gasteiger partial charge on any atom is -0.481 e. The smallest absolute Gasteiger partial charge is 0.325 e. The normalized spacial score (nSPS) is 16.5. The zero-order valence-electron chi connectivity index (χ0n) is 19.9. The average Bonchev–Trinajstić information content (AvgIpc) is 2.72. The minimum atomic E-state index is -1.61. The van der Waals surface area contributed by atoms with Crippen molar-refractivity contribution >= 4 is 23.9 Å². The summed E-state index contributed by atoms with van der Waals surface area (Å²) in [6.45, 7) is 9.11. The van der Waals surface area contributed by atoms with E-state index < -0.39 is 46.8 Å². The molecule has 0 radical (unpaired) electrons. The minimum absolute atomic E-state index is 0.0115. The van der Waals surface area contributed by atoms with Crippen molar-refractivity contribution in [3.05, 3.63) is 0 Å². The van der Waals surface area contributed by atoms with Gasteiger partial charge in [0.1, 0.15) is 11.1 Å². The monoisotopic (exact) mass is 460 g/mol. The highest BCUT2D eigenvalue weighted by molar-refractivity contribution is 5.90. The summed E-state index contributed by atoms with van der Waals surface area (Å²) >= 11 is 0. The first-order chi connectivity index (χ1) is 14.8. The highest BCUT2D eigenvalue weighted by atomic mass is 16.4. The number of rotatable bonds is 18. The van der Waals surface area contributed by atoms with E-state index in [4.69, 9.17) is 5.11 Å². The van der Waals surface area contributed by atoms with E-state index in [1.165, 1.54) is 0 Å². The molecule has 6 N–H and O–H groups in total. The van der Waals surface area contributed by atoms with E-state index in [-0.39, 0.29) is 38.1 Å². The van der Waals surface area contributed by atoms with Crippen LogP contribution in [0.1, 0.15) is 79.6 Å². The van der Waals surface area contributed by atoms with Gasteiger partial charge in [-0.1, -0.05) is 34.6 Å². The van der Waals surface area contributed by atoms with Gasteiger partial charge in [-0.3, -0.25) is 19.2 Å². The summed E-state index contributed by atoms with van der Waals surface area (Å²) in [7, 11) is 0. The lowest BCUT2D eigenvalue weighted by Crippen LogP contribution is -2.66. The van der Waals surface area contributed by atoms with E-state index in [9.17, 15) is 34.5 Å². The Labute approximate surface area is 189 Å². The summed E-state index contributed by atoms with van der Waals surface area (Å²) in [5.74, 6) is -4.75. The van der Waals surface area contributed by atoms with Gasteiger partial charge in [0.25, 0.3) is 0 Å². The molecule has 3 atom stereocenters. The van der Waals surface area contributed by atoms with Gasteiger partial charge in [-0.25, -0.2) is 0 Å². The highest BCUT2D eigenvalue weighted by Gasteiger charge is 2.58. The molecule has 0 aliphatic heterocycles. The number of carboxylic acid groups (broad SMARTS) is 4. The third-order valence-electron chi connectivity index (χ3n) is 6.88. The Balaban J connectivity index is 5.17. The summed E-state index contributed by atoms with van der Waals surface area (Å²) in [5, 5.41) is 44.3. The second-order valence-electron chi connectivity index (χ2n) is 8.52. The number of carbonyl (C=O) groups is 4. The van der Waals surface area contributed by atoms with Crippen molar-refractivity contribution in [3.63, 3.8) is 0 Å². The summed E-state index contributed by atoms with van der Waals surface area (Å²) < 4.78 is 0. The van der Waals surface area contributed by atoms with E-state index >= 15 is 0 Å². The van der Waals surface area contributed by atoms with Crippen LogP contribution in [0, 0.1) is 11.3 Å². The number of carboxylic acids is 4. The summed E-state index contributed by atoms with van der Waals surface area (Å²) in [6.07, 6.45) is 1.20. The maximum Gasteiger partial charge on any atom is 0.325 e. The van der Waals surface area contributed by atoms with Crippen LogP contribution in [0.25, 0.3) is 0 Å². The standard InChI is InChI=1S/C22H40N2O8/c1-6-20(7-2,17(27)28)22(9-4,19(31)32)24-14-15(5)11-10-12-23-21(8-3,18(29)30)13-16(25)26/h15,23-24H,6-14H2,1-5H3,(H,25,26)(H,27,28)(H,29,30)(H,31,32). The Morgan fingerprint density at radius 1 is 0.781 bits per heavy atom. The molecule has 0 heterocycles. The van der Waals surface area contributed by atoms with E-state index in [2.05, 4.69) is 10.6 Å². The van der Waals surface area contributed by atoms with E-state index in [1.807, 2.05) is 6.92 Å². The molecule has 0 bridgehead atoms. The molecule has 0 spiro atoms. The van der Waals surface area contributed by atoms with Crippen LogP contribution in [0.3, 0.4) is 0 Å². The maximum atomic E-state index is 12.3. The van der Waals surface area contributed by atoms with Crippen LogP contribution in [0.5, 0.6) is 0 Å². The third kappa shape index (κ3) is 6.41. The van der Waals surface area contributed by atoms with Crippen LogP contribution in [-0.4, -0.2) is 68.5 Å². The highest BCUT2D eigenvalue weighted by Crippen LogP contribution is 2.41. The fraction of sp³-hybridized carbons (Fsp3) is 0.818. The molecule has 0 aliphatic rings. The van der Waals surface area contributed by atoms with Crippen molar-refractivity contribution < 1.29 is 39.6 Å². The zero-order chi connectivity index (χ0) is 25.2. The second-order valence-corrected chi connectivity index (χ2v) is 8.52. The molecule has 0 saturated carbocycles. The van der Waals surface area contributed by atoms with Gasteiger partial charge in [0.05, 0.1) is 11.8 Å². The summed E-state index contributed by atoms with van der Waals surface area (Å²) in [5.41, 5.74) is -4.59. The van der Waals surface area contributed by atoms with Crippen LogP contribution in [0.2, 0.25) is 0 Å². The largest absolute Gasteiger partial charge is 0.481 e. The van der Waals surface area contributed by atoms with Crippen molar-refractivity contribution in [2.24, 2.45) is 11.3 Å². The Hall–Kier alpha value is -2.20. The summed E-state index contributed by atoms with van der Waals surface area (Å²) in [4.78, 5) is 47.0. The van der Waals surface area contributed by atoms with Gasteiger partial charge in [0, 0.05) is 0 Å².